The van der Waals surface area contributed by atoms with E-state index in [4.69, 9.17) is 0 Å². The molecule has 0 aliphatic heterocycles. The Morgan fingerprint density at radius 1 is 1.04 bits per heavy atom. The van der Waals surface area contributed by atoms with E-state index < -0.39 is 0 Å². The molecule has 1 amide bonds. The van der Waals surface area contributed by atoms with Crippen LogP contribution in [0.25, 0.3) is 10.9 Å². The quantitative estimate of drug-likeness (QED) is 0.733. The predicted octanol–water partition coefficient (Wildman–Crippen LogP) is 2.79. The summed E-state index contributed by atoms with van der Waals surface area (Å²) < 4.78 is 0. The summed E-state index contributed by atoms with van der Waals surface area (Å²) in [6.07, 6.45) is 2.32. The minimum absolute atomic E-state index is 0.0476. The van der Waals surface area contributed by atoms with E-state index in [9.17, 15) is 4.79 Å². The van der Waals surface area contributed by atoms with Gasteiger partial charge in [-0.2, -0.15) is 0 Å². The van der Waals surface area contributed by atoms with Gasteiger partial charge >= 0.3 is 0 Å². The van der Waals surface area contributed by atoms with Gasteiger partial charge in [-0.3, -0.25) is 4.79 Å². The second-order valence-electron chi connectivity index (χ2n) is 5.63. The molecule has 2 N–H and O–H groups in total. The molecule has 5 heteroatoms. The topological polar surface area (TPSA) is 66.9 Å². The number of para-hydroxylation sites is 1. The highest BCUT2D eigenvalue weighted by molar-refractivity contribution is 5.91. The fourth-order valence-corrected chi connectivity index (χ4v) is 2.52. The number of fused-ring (bicyclic) bond motifs is 1. The van der Waals surface area contributed by atoms with Gasteiger partial charge in [-0.05, 0) is 31.0 Å². The summed E-state index contributed by atoms with van der Waals surface area (Å²) in [5.41, 5.74) is 2.06. The van der Waals surface area contributed by atoms with Gasteiger partial charge < -0.3 is 10.6 Å². The van der Waals surface area contributed by atoms with Gasteiger partial charge in [0.25, 0.3) is 0 Å². The van der Waals surface area contributed by atoms with Crippen molar-refractivity contribution in [2.75, 3.05) is 11.9 Å². The summed E-state index contributed by atoms with van der Waals surface area (Å²) in [6.45, 7) is 2.44. The SMILES string of the molecule is C[C@H](Nc1ncnc2ccccc12)C(=O)NCCc1ccccc1. The van der Waals surface area contributed by atoms with Crippen molar-refractivity contribution in [3.8, 4) is 0 Å². The average molecular weight is 320 g/mol. The third-order valence-electron chi connectivity index (χ3n) is 3.85. The summed E-state index contributed by atoms with van der Waals surface area (Å²) >= 11 is 0. The Bertz CT molecular complexity index is 814. The highest BCUT2D eigenvalue weighted by atomic mass is 16.2. The first-order valence-electron chi connectivity index (χ1n) is 8.02. The van der Waals surface area contributed by atoms with Gasteiger partial charge in [0.1, 0.15) is 18.2 Å². The molecule has 0 radical (unpaired) electrons. The summed E-state index contributed by atoms with van der Waals surface area (Å²) in [6, 6.07) is 17.5. The highest BCUT2D eigenvalue weighted by Gasteiger charge is 2.14. The third-order valence-corrected chi connectivity index (χ3v) is 3.85. The smallest absolute Gasteiger partial charge is 0.242 e. The van der Waals surface area contributed by atoms with Crippen molar-refractivity contribution in [1.29, 1.82) is 0 Å². The van der Waals surface area contributed by atoms with E-state index >= 15 is 0 Å². The van der Waals surface area contributed by atoms with Crippen LogP contribution in [0, 0.1) is 0 Å². The Kier molecular flexibility index (Phi) is 5.01. The van der Waals surface area contributed by atoms with Crippen LogP contribution in [0.5, 0.6) is 0 Å². The van der Waals surface area contributed by atoms with Crippen molar-refractivity contribution in [1.82, 2.24) is 15.3 Å². The first-order chi connectivity index (χ1) is 11.7. The molecule has 24 heavy (non-hydrogen) atoms. The third kappa shape index (κ3) is 3.87. The van der Waals surface area contributed by atoms with E-state index in [-0.39, 0.29) is 11.9 Å². The van der Waals surface area contributed by atoms with E-state index in [1.165, 1.54) is 11.9 Å². The maximum absolute atomic E-state index is 12.3. The Balaban J connectivity index is 1.57. The number of nitrogens with zero attached hydrogens (tertiary/aromatic N) is 2. The van der Waals surface area contributed by atoms with Crippen molar-refractivity contribution in [3.05, 3.63) is 66.5 Å². The van der Waals surface area contributed by atoms with Crippen molar-refractivity contribution >= 4 is 22.6 Å². The molecule has 0 bridgehead atoms. The number of carbonyl (C=O) groups is 1. The molecule has 0 aliphatic carbocycles. The zero-order chi connectivity index (χ0) is 16.8. The van der Waals surface area contributed by atoms with Gasteiger partial charge in [0.05, 0.1) is 5.52 Å². The second-order valence-corrected chi connectivity index (χ2v) is 5.63. The molecule has 0 aliphatic rings. The number of hydrogen-bond acceptors (Lipinski definition) is 4. The van der Waals surface area contributed by atoms with Crippen LogP contribution in [-0.4, -0.2) is 28.5 Å². The zero-order valence-electron chi connectivity index (χ0n) is 13.6. The molecule has 0 fully saturated rings. The first-order valence-corrected chi connectivity index (χ1v) is 8.02. The summed E-state index contributed by atoms with van der Waals surface area (Å²) in [5.74, 6) is 0.625. The number of rotatable bonds is 6. The Morgan fingerprint density at radius 2 is 1.79 bits per heavy atom. The molecular formula is C19H20N4O. The molecule has 122 valence electrons. The number of amides is 1. The van der Waals surface area contributed by atoms with Crippen LogP contribution in [0.15, 0.2) is 60.9 Å². The molecule has 0 saturated carbocycles. The number of benzene rings is 2. The van der Waals surface area contributed by atoms with Crippen molar-refractivity contribution in [2.45, 2.75) is 19.4 Å². The summed E-state index contributed by atoms with van der Waals surface area (Å²) in [4.78, 5) is 20.7. The standard InChI is InChI=1S/C19H20N4O/c1-14(19(24)20-12-11-15-7-3-2-4-8-15)23-18-16-9-5-6-10-17(16)21-13-22-18/h2-10,13-14H,11-12H2,1H3,(H,20,24)(H,21,22,23)/t14-/m0/s1. The molecule has 3 rings (SSSR count). The Morgan fingerprint density at radius 3 is 2.62 bits per heavy atom. The minimum atomic E-state index is -0.376. The molecule has 1 heterocycles. The number of hydrogen-bond donors (Lipinski definition) is 2. The van der Waals surface area contributed by atoms with Gasteiger partial charge in [0.2, 0.25) is 5.91 Å². The maximum Gasteiger partial charge on any atom is 0.242 e. The minimum Gasteiger partial charge on any atom is -0.358 e. The maximum atomic E-state index is 12.3. The van der Waals surface area contributed by atoms with E-state index in [1.807, 2.05) is 49.4 Å². The van der Waals surface area contributed by atoms with Crippen LogP contribution in [0.2, 0.25) is 0 Å². The Hall–Kier alpha value is -2.95. The fourth-order valence-electron chi connectivity index (χ4n) is 2.52. The lowest BCUT2D eigenvalue weighted by molar-refractivity contribution is -0.121. The van der Waals surface area contributed by atoms with Crippen LogP contribution in [0.3, 0.4) is 0 Å². The van der Waals surface area contributed by atoms with E-state index in [0.717, 1.165) is 17.3 Å². The number of anilines is 1. The number of aromatic nitrogens is 2. The van der Waals surface area contributed by atoms with Crippen LogP contribution in [0.4, 0.5) is 5.82 Å². The van der Waals surface area contributed by atoms with Crippen molar-refractivity contribution < 1.29 is 4.79 Å². The van der Waals surface area contributed by atoms with Crippen LogP contribution in [0.1, 0.15) is 12.5 Å². The summed E-state index contributed by atoms with van der Waals surface area (Å²) in [7, 11) is 0. The first kappa shape index (κ1) is 15.9. The second kappa shape index (κ2) is 7.55. The lowest BCUT2D eigenvalue weighted by Crippen LogP contribution is -2.38. The largest absolute Gasteiger partial charge is 0.358 e. The van der Waals surface area contributed by atoms with Crippen LogP contribution >= 0.6 is 0 Å². The zero-order valence-corrected chi connectivity index (χ0v) is 13.6. The van der Waals surface area contributed by atoms with Gasteiger partial charge in [-0.1, -0.05) is 42.5 Å². The van der Waals surface area contributed by atoms with Gasteiger partial charge in [-0.25, -0.2) is 9.97 Å². The molecule has 5 nitrogen and oxygen atoms in total. The summed E-state index contributed by atoms with van der Waals surface area (Å²) in [5, 5.41) is 7.03. The van der Waals surface area contributed by atoms with Gasteiger partial charge in [0.15, 0.2) is 0 Å². The van der Waals surface area contributed by atoms with Crippen molar-refractivity contribution in [2.24, 2.45) is 0 Å². The molecule has 1 atom stereocenters. The number of carbonyl (C=O) groups excluding carboxylic acids is 1. The van der Waals surface area contributed by atoms with Gasteiger partial charge in [0, 0.05) is 11.9 Å². The lowest BCUT2D eigenvalue weighted by atomic mass is 10.1. The molecule has 0 spiro atoms. The van der Waals surface area contributed by atoms with Crippen molar-refractivity contribution in [3.63, 3.8) is 0 Å². The van der Waals surface area contributed by atoms with Crippen LogP contribution in [-0.2, 0) is 11.2 Å². The molecule has 0 unspecified atom stereocenters. The lowest BCUT2D eigenvalue weighted by Gasteiger charge is -2.15. The van der Waals surface area contributed by atoms with E-state index in [1.54, 1.807) is 0 Å². The Labute approximate surface area is 141 Å². The fraction of sp³-hybridized carbons (Fsp3) is 0.211. The highest BCUT2D eigenvalue weighted by Crippen LogP contribution is 2.18. The van der Waals surface area contributed by atoms with Gasteiger partial charge in [-0.15, -0.1) is 0 Å². The molecule has 3 aromatic rings. The molecule has 2 aromatic carbocycles. The molecule has 0 saturated heterocycles. The normalized spacial score (nSPS) is 11.9. The van der Waals surface area contributed by atoms with Crippen LogP contribution < -0.4 is 10.6 Å². The predicted molar refractivity (Wildman–Crippen MR) is 95.8 cm³/mol. The molecular weight excluding hydrogens is 300 g/mol. The number of nitrogens with one attached hydrogen (secondary N) is 2. The van der Waals surface area contributed by atoms with E-state index in [2.05, 4.69) is 32.7 Å². The monoisotopic (exact) mass is 320 g/mol. The molecule has 1 aromatic heterocycles. The van der Waals surface area contributed by atoms with E-state index in [0.29, 0.717) is 12.4 Å². The average Bonchev–Trinajstić information content (AvgIpc) is 2.63.